The molecule has 1 aromatic carbocycles. The molecule has 0 bridgehead atoms. The summed E-state index contributed by atoms with van der Waals surface area (Å²) in [5.74, 6) is 0.594. The van der Waals surface area contributed by atoms with Crippen LogP contribution in [0.15, 0.2) is 61.3 Å². The van der Waals surface area contributed by atoms with Gasteiger partial charge in [0.1, 0.15) is 30.6 Å². The van der Waals surface area contributed by atoms with Gasteiger partial charge in [0.15, 0.2) is 11.5 Å². The first-order chi connectivity index (χ1) is 16.6. The molecule has 1 saturated heterocycles. The third-order valence-electron chi connectivity index (χ3n) is 5.75. The van der Waals surface area contributed by atoms with Gasteiger partial charge in [0.25, 0.3) is 0 Å². The van der Waals surface area contributed by atoms with Crippen molar-refractivity contribution in [1.29, 1.82) is 0 Å². The van der Waals surface area contributed by atoms with E-state index in [1.807, 2.05) is 24.3 Å². The van der Waals surface area contributed by atoms with Gasteiger partial charge in [0.05, 0.1) is 18.1 Å². The number of rotatable bonds is 4. The van der Waals surface area contributed by atoms with E-state index in [-0.39, 0.29) is 6.61 Å². The Morgan fingerprint density at radius 2 is 1.94 bits per heavy atom. The van der Waals surface area contributed by atoms with E-state index >= 15 is 0 Å². The number of carbonyl (C=O) groups excluding carboxylic acids is 1. The standard InChI is InChI=1S/C23H17FN8O2/c1-13-8-18(25-10-17(13)24)19-11-34-23(33)32(19)20-6-7-31-22(29-20)16(9-28-31)14-2-4-15(5-3-14)21-26-12-27-30-21/h2-10,12,19H,11H2,1H3,(H,26,27,30)/t19-/m1/s1. The van der Waals surface area contributed by atoms with Crippen LogP contribution in [0.2, 0.25) is 0 Å². The van der Waals surface area contributed by atoms with Crippen LogP contribution < -0.4 is 4.90 Å². The van der Waals surface area contributed by atoms with Gasteiger partial charge in [-0.15, -0.1) is 0 Å². The van der Waals surface area contributed by atoms with Crippen LogP contribution >= 0.6 is 0 Å². The summed E-state index contributed by atoms with van der Waals surface area (Å²) in [6.45, 7) is 1.75. The van der Waals surface area contributed by atoms with Gasteiger partial charge in [-0.3, -0.25) is 10.1 Å². The highest BCUT2D eigenvalue weighted by Crippen LogP contribution is 2.33. The molecule has 11 heteroatoms. The molecule has 34 heavy (non-hydrogen) atoms. The number of nitrogens with one attached hydrogen (secondary N) is 1. The molecule has 0 radical (unpaired) electrons. The molecule has 1 fully saturated rings. The predicted octanol–water partition coefficient (Wildman–Crippen LogP) is 3.72. The number of nitrogens with zero attached hydrogens (tertiary/aromatic N) is 7. The molecule has 1 amide bonds. The molecule has 0 aliphatic carbocycles. The first kappa shape index (κ1) is 20.0. The number of cyclic esters (lactones) is 1. The molecule has 6 rings (SSSR count). The first-order valence-corrected chi connectivity index (χ1v) is 10.5. The quantitative estimate of drug-likeness (QED) is 0.438. The highest BCUT2D eigenvalue weighted by atomic mass is 19.1. The Kier molecular flexibility index (Phi) is 4.54. The van der Waals surface area contributed by atoms with Crippen LogP contribution in [0.3, 0.4) is 0 Å². The Balaban J connectivity index is 1.38. The highest BCUT2D eigenvalue weighted by Gasteiger charge is 2.37. The zero-order chi connectivity index (χ0) is 23.2. The lowest BCUT2D eigenvalue weighted by molar-refractivity contribution is 0.178. The molecule has 1 aliphatic heterocycles. The van der Waals surface area contributed by atoms with Crippen LogP contribution in [-0.2, 0) is 4.74 Å². The monoisotopic (exact) mass is 456 g/mol. The summed E-state index contributed by atoms with van der Waals surface area (Å²) in [6, 6.07) is 10.5. The molecule has 0 unspecified atom stereocenters. The molecule has 0 saturated carbocycles. The van der Waals surface area contributed by atoms with E-state index in [1.54, 1.807) is 36.0 Å². The second-order valence-corrected chi connectivity index (χ2v) is 7.83. The number of H-pyrrole nitrogens is 1. The molecule has 0 spiro atoms. The van der Waals surface area contributed by atoms with Gasteiger partial charge >= 0.3 is 6.09 Å². The van der Waals surface area contributed by atoms with Crippen molar-refractivity contribution < 1.29 is 13.9 Å². The zero-order valence-corrected chi connectivity index (χ0v) is 17.9. The van der Waals surface area contributed by atoms with E-state index in [0.29, 0.717) is 28.5 Å². The second-order valence-electron chi connectivity index (χ2n) is 7.83. The average Bonchev–Trinajstić information content (AvgIpc) is 3.60. The van der Waals surface area contributed by atoms with Crippen molar-refractivity contribution in [3.63, 3.8) is 0 Å². The fourth-order valence-electron chi connectivity index (χ4n) is 3.98. The number of carbonyl (C=O) groups is 1. The van der Waals surface area contributed by atoms with Crippen LogP contribution in [0.25, 0.3) is 28.2 Å². The van der Waals surface area contributed by atoms with Crippen LogP contribution in [0.5, 0.6) is 0 Å². The molecule has 168 valence electrons. The lowest BCUT2D eigenvalue weighted by Gasteiger charge is -2.20. The van der Waals surface area contributed by atoms with Gasteiger partial charge in [-0.1, -0.05) is 24.3 Å². The third-order valence-corrected chi connectivity index (χ3v) is 5.75. The number of aryl methyl sites for hydroxylation is 1. The van der Waals surface area contributed by atoms with Crippen molar-refractivity contribution in [1.82, 2.24) is 34.8 Å². The van der Waals surface area contributed by atoms with Crippen LogP contribution in [0.1, 0.15) is 17.3 Å². The van der Waals surface area contributed by atoms with E-state index in [2.05, 4.69) is 25.3 Å². The number of benzene rings is 1. The maximum atomic E-state index is 13.7. The molecule has 5 heterocycles. The van der Waals surface area contributed by atoms with Crippen molar-refractivity contribution >= 4 is 17.6 Å². The van der Waals surface area contributed by atoms with Gasteiger partial charge in [-0.2, -0.15) is 10.2 Å². The SMILES string of the molecule is Cc1cc([C@H]2COC(=O)N2c2ccn3ncc(-c4ccc(-c5nc[nH]n5)cc4)c3n2)ncc1F. The summed E-state index contributed by atoms with van der Waals surface area (Å²) < 4.78 is 20.7. The van der Waals surface area contributed by atoms with E-state index < -0.39 is 18.0 Å². The molecular formula is C23H17FN8O2. The van der Waals surface area contributed by atoms with E-state index in [1.165, 1.54) is 11.2 Å². The molecule has 5 aromatic rings. The Hall–Kier alpha value is -4.67. The highest BCUT2D eigenvalue weighted by molar-refractivity contribution is 5.90. The van der Waals surface area contributed by atoms with Crippen LogP contribution in [-0.4, -0.2) is 47.5 Å². The summed E-state index contributed by atoms with van der Waals surface area (Å²) in [5, 5.41) is 11.2. The molecule has 1 atom stereocenters. The number of halogens is 1. The van der Waals surface area contributed by atoms with Gasteiger partial charge in [-0.05, 0) is 30.2 Å². The normalized spacial score (nSPS) is 15.8. The fourth-order valence-corrected chi connectivity index (χ4v) is 3.98. The second kappa shape index (κ2) is 7.73. The Morgan fingerprint density at radius 1 is 1.12 bits per heavy atom. The average molecular weight is 456 g/mol. The minimum Gasteiger partial charge on any atom is -0.446 e. The van der Waals surface area contributed by atoms with Crippen LogP contribution in [0.4, 0.5) is 15.0 Å². The van der Waals surface area contributed by atoms with Crippen molar-refractivity contribution in [2.45, 2.75) is 13.0 Å². The molecule has 1 N–H and O–H groups in total. The summed E-state index contributed by atoms with van der Waals surface area (Å²) in [5.41, 5.74) is 4.12. The number of pyridine rings is 1. The van der Waals surface area contributed by atoms with Gasteiger partial charge < -0.3 is 4.74 Å². The molecule has 10 nitrogen and oxygen atoms in total. The number of aromatic nitrogens is 7. The van der Waals surface area contributed by atoms with Gasteiger partial charge in [0, 0.05) is 17.3 Å². The third kappa shape index (κ3) is 3.25. The zero-order valence-electron chi connectivity index (χ0n) is 17.9. The predicted molar refractivity (Wildman–Crippen MR) is 119 cm³/mol. The molecular weight excluding hydrogens is 439 g/mol. The van der Waals surface area contributed by atoms with Crippen molar-refractivity contribution in [2.24, 2.45) is 0 Å². The summed E-state index contributed by atoms with van der Waals surface area (Å²) in [6.07, 6.45) is 5.59. The largest absolute Gasteiger partial charge is 0.446 e. The van der Waals surface area contributed by atoms with E-state index in [4.69, 9.17) is 9.72 Å². The smallest absolute Gasteiger partial charge is 0.416 e. The van der Waals surface area contributed by atoms with Crippen molar-refractivity contribution in [3.05, 3.63) is 78.4 Å². The number of hydrogen-bond acceptors (Lipinski definition) is 7. The number of aromatic amines is 1. The Morgan fingerprint density at radius 3 is 2.71 bits per heavy atom. The maximum absolute atomic E-state index is 13.7. The molecule has 4 aromatic heterocycles. The Labute approximate surface area is 192 Å². The van der Waals surface area contributed by atoms with Crippen molar-refractivity contribution in [3.8, 4) is 22.5 Å². The fraction of sp³-hybridized carbons (Fsp3) is 0.130. The van der Waals surface area contributed by atoms with Gasteiger partial charge in [0.2, 0.25) is 0 Å². The van der Waals surface area contributed by atoms with Crippen LogP contribution in [0, 0.1) is 12.7 Å². The lowest BCUT2D eigenvalue weighted by Crippen LogP contribution is -2.29. The summed E-state index contributed by atoms with van der Waals surface area (Å²) >= 11 is 0. The first-order valence-electron chi connectivity index (χ1n) is 10.5. The Bertz CT molecular complexity index is 1510. The van der Waals surface area contributed by atoms with E-state index in [0.717, 1.165) is 22.9 Å². The lowest BCUT2D eigenvalue weighted by atomic mass is 10.1. The van der Waals surface area contributed by atoms with Gasteiger partial charge in [-0.25, -0.2) is 28.6 Å². The topological polar surface area (TPSA) is 114 Å². The summed E-state index contributed by atoms with van der Waals surface area (Å²) in [4.78, 5) is 27.1. The number of fused-ring (bicyclic) bond motifs is 1. The van der Waals surface area contributed by atoms with Crippen molar-refractivity contribution in [2.75, 3.05) is 11.5 Å². The minimum absolute atomic E-state index is 0.0958. The summed E-state index contributed by atoms with van der Waals surface area (Å²) in [7, 11) is 0. The number of ether oxygens (including phenoxy) is 1. The number of anilines is 1. The van der Waals surface area contributed by atoms with E-state index in [9.17, 15) is 9.18 Å². The number of hydrogen-bond donors (Lipinski definition) is 1. The number of amides is 1. The molecule has 1 aliphatic rings. The minimum atomic E-state index is -0.539. The maximum Gasteiger partial charge on any atom is 0.416 e.